The predicted octanol–water partition coefficient (Wildman–Crippen LogP) is 10.6. The van der Waals surface area contributed by atoms with E-state index in [1.54, 1.807) is 0 Å². The monoisotopic (exact) mass is 505 g/mol. The minimum atomic E-state index is 0.689. The molecule has 0 bridgehead atoms. The smallest absolute Gasteiger partial charge is 0.0998 e. The van der Waals surface area contributed by atoms with Crippen molar-refractivity contribution in [2.24, 2.45) is 0 Å². The first-order valence-corrected chi connectivity index (χ1v) is 13.6. The molecule has 0 atom stereocenters. The summed E-state index contributed by atoms with van der Waals surface area (Å²) in [5, 5.41) is 20.0. The van der Waals surface area contributed by atoms with Crippen molar-refractivity contribution in [2.75, 3.05) is 0 Å². The maximum atomic E-state index is 9.70. The summed E-state index contributed by atoms with van der Waals surface area (Å²) in [5.41, 5.74) is 7.48. The van der Waals surface area contributed by atoms with Gasteiger partial charge in [0.25, 0.3) is 0 Å². The third kappa shape index (κ3) is 3.40. The minimum Gasteiger partial charge on any atom is -0.192 e. The molecule has 0 saturated heterocycles. The Balaban J connectivity index is 1.26. The lowest BCUT2D eigenvalue weighted by Gasteiger charge is -2.15. The first-order chi connectivity index (χ1) is 19.8. The molecular formula is C39H23N. The predicted molar refractivity (Wildman–Crippen MR) is 169 cm³/mol. The Bertz CT molecular complexity index is 2270. The van der Waals surface area contributed by atoms with Gasteiger partial charge < -0.3 is 0 Å². The van der Waals surface area contributed by atoms with Crippen molar-refractivity contribution in [3.8, 4) is 39.4 Å². The molecule has 0 aliphatic heterocycles. The molecule has 0 spiro atoms. The van der Waals surface area contributed by atoms with Gasteiger partial charge in [-0.25, -0.2) is 0 Å². The molecule has 0 aliphatic rings. The zero-order valence-electron chi connectivity index (χ0n) is 21.7. The average Bonchev–Trinajstić information content (AvgIpc) is 3.03. The number of hydrogen-bond donors (Lipinski definition) is 0. The van der Waals surface area contributed by atoms with Crippen LogP contribution in [0.3, 0.4) is 0 Å². The van der Waals surface area contributed by atoms with Gasteiger partial charge in [-0.1, -0.05) is 121 Å². The minimum absolute atomic E-state index is 0.689. The second kappa shape index (κ2) is 8.80. The Morgan fingerprint density at radius 3 is 1.65 bits per heavy atom. The molecule has 8 rings (SSSR count). The highest BCUT2D eigenvalue weighted by atomic mass is 14.2. The molecule has 0 radical (unpaired) electrons. The van der Waals surface area contributed by atoms with Crippen LogP contribution < -0.4 is 0 Å². The fourth-order valence-corrected chi connectivity index (χ4v) is 6.35. The van der Waals surface area contributed by atoms with E-state index in [1.165, 1.54) is 54.2 Å². The molecule has 8 aromatic carbocycles. The van der Waals surface area contributed by atoms with Crippen molar-refractivity contribution in [1.29, 1.82) is 5.26 Å². The van der Waals surface area contributed by atoms with E-state index >= 15 is 0 Å². The van der Waals surface area contributed by atoms with Crippen LogP contribution in [-0.2, 0) is 0 Å². The lowest BCUT2D eigenvalue weighted by molar-refractivity contribution is 1.48. The Morgan fingerprint density at radius 2 is 0.925 bits per heavy atom. The SMILES string of the molecule is N#Cc1ccccc1-c1ccccc1-c1ccc2cc(-c3ccc4ccc5cccc6ccc3c4c56)ccc2c1. The number of nitriles is 1. The van der Waals surface area contributed by atoms with Crippen molar-refractivity contribution < 1.29 is 0 Å². The summed E-state index contributed by atoms with van der Waals surface area (Å²) in [7, 11) is 0. The summed E-state index contributed by atoms with van der Waals surface area (Å²) in [4.78, 5) is 0. The van der Waals surface area contributed by atoms with Gasteiger partial charge in [-0.05, 0) is 89.1 Å². The zero-order chi connectivity index (χ0) is 26.6. The van der Waals surface area contributed by atoms with Crippen molar-refractivity contribution in [2.45, 2.75) is 0 Å². The molecule has 40 heavy (non-hydrogen) atoms. The van der Waals surface area contributed by atoms with Gasteiger partial charge >= 0.3 is 0 Å². The number of benzene rings is 8. The van der Waals surface area contributed by atoms with Gasteiger partial charge in [0.1, 0.15) is 0 Å². The zero-order valence-corrected chi connectivity index (χ0v) is 21.7. The largest absolute Gasteiger partial charge is 0.192 e. The summed E-state index contributed by atoms with van der Waals surface area (Å²) in [5.74, 6) is 0. The molecule has 0 unspecified atom stereocenters. The number of fused-ring (bicyclic) bond motifs is 1. The lowest BCUT2D eigenvalue weighted by Crippen LogP contribution is -1.89. The molecule has 0 amide bonds. The van der Waals surface area contributed by atoms with Crippen molar-refractivity contribution in [1.82, 2.24) is 0 Å². The van der Waals surface area contributed by atoms with Gasteiger partial charge in [-0.15, -0.1) is 0 Å². The Morgan fingerprint density at radius 1 is 0.375 bits per heavy atom. The standard InChI is InChI=1S/C39H23N/c40-24-32-6-1-2-10-34(32)36-11-4-3-9-33(36)30-16-14-29-23-31(17-15-28(29)22-30)35-20-18-27-13-12-25-7-5-8-26-19-21-37(35)39(27)38(25)26/h1-23H. The van der Waals surface area contributed by atoms with Crippen molar-refractivity contribution in [3.05, 3.63) is 145 Å². The second-order valence-corrected chi connectivity index (χ2v) is 10.4. The van der Waals surface area contributed by atoms with Crippen LogP contribution in [0, 0.1) is 11.3 Å². The number of rotatable bonds is 3. The van der Waals surface area contributed by atoms with Crippen LogP contribution in [0.25, 0.3) is 76.5 Å². The third-order valence-corrected chi connectivity index (χ3v) is 8.26. The number of hydrogen-bond acceptors (Lipinski definition) is 1. The van der Waals surface area contributed by atoms with E-state index in [4.69, 9.17) is 0 Å². The van der Waals surface area contributed by atoms with E-state index in [0.717, 1.165) is 22.3 Å². The van der Waals surface area contributed by atoms with Gasteiger partial charge in [-0.2, -0.15) is 5.26 Å². The fourth-order valence-electron chi connectivity index (χ4n) is 6.35. The molecule has 0 aliphatic carbocycles. The van der Waals surface area contributed by atoms with E-state index in [2.05, 4.69) is 115 Å². The summed E-state index contributed by atoms with van der Waals surface area (Å²) >= 11 is 0. The molecule has 0 aromatic heterocycles. The van der Waals surface area contributed by atoms with Crippen LogP contribution in [0.5, 0.6) is 0 Å². The van der Waals surface area contributed by atoms with E-state index in [0.29, 0.717) is 5.56 Å². The highest BCUT2D eigenvalue weighted by Gasteiger charge is 2.14. The second-order valence-electron chi connectivity index (χ2n) is 10.4. The van der Waals surface area contributed by atoms with Crippen LogP contribution in [0.2, 0.25) is 0 Å². The number of nitrogens with zero attached hydrogens (tertiary/aromatic N) is 1. The molecule has 0 heterocycles. The Labute approximate surface area is 232 Å². The van der Waals surface area contributed by atoms with Crippen LogP contribution in [-0.4, -0.2) is 0 Å². The maximum absolute atomic E-state index is 9.70. The van der Waals surface area contributed by atoms with Crippen molar-refractivity contribution in [3.63, 3.8) is 0 Å². The van der Waals surface area contributed by atoms with Crippen LogP contribution >= 0.6 is 0 Å². The quantitative estimate of drug-likeness (QED) is 0.219. The molecule has 0 N–H and O–H groups in total. The van der Waals surface area contributed by atoms with Gasteiger partial charge in [0, 0.05) is 5.56 Å². The van der Waals surface area contributed by atoms with E-state index in [-0.39, 0.29) is 0 Å². The molecule has 8 aromatic rings. The van der Waals surface area contributed by atoms with Crippen molar-refractivity contribution >= 4 is 43.1 Å². The maximum Gasteiger partial charge on any atom is 0.0998 e. The molecule has 0 saturated carbocycles. The molecule has 1 nitrogen and oxygen atoms in total. The summed E-state index contributed by atoms with van der Waals surface area (Å²) in [6.07, 6.45) is 0. The highest BCUT2D eigenvalue weighted by molar-refractivity contribution is 6.25. The van der Waals surface area contributed by atoms with Crippen LogP contribution in [0.15, 0.2) is 140 Å². The summed E-state index contributed by atoms with van der Waals surface area (Å²) in [6.45, 7) is 0. The molecule has 184 valence electrons. The topological polar surface area (TPSA) is 23.8 Å². The van der Waals surface area contributed by atoms with Crippen LogP contribution in [0.4, 0.5) is 0 Å². The fraction of sp³-hybridized carbons (Fsp3) is 0. The summed E-state index contributed by atoms with van der Waals surface area (Å²) < 4.78 is 0. The first-order valence-electron chi connectivity index (χ1n) is 13.6. The van der Waals surface area contributed by atoms with E-state index < -0.39 is 0 Å². The Kier molecular flexibility index (Phi) is 4.96. The van der Waals surface area contributed by atoms with E-state index in [9.17, 15) is 5.26 Å². The van der Waals surface area contributed by atoms with Gasteiger partial charge in [-0.3, -0.25) is 0 Å². The van der Waals surface area contributed by atoms with Gasteiger partial charge in [0.15, 0.2) is 0 Å². The van der Waals surface area contributed by atoms with Gasteiger partial charge in [0.2, 0.25) is 0 Å². The normalized spacial score (nSPS) is 11.5. The van der Waals surface area contributed by atoms with Gasteiger partial charge in [0.05, 0.1) is 11.6 Å². The molecule has 0 fully saturated rings. The lowest BCUT2D eigenvalue weighted by atomic mass is 9.89. The molecular weight excluding hydrogens is 482 g/mol. The Hall–Kier alpha value is -5.45. The summed E-state index contributed by atoms with van der Waals surface area (Å²) in [6, 6.07) is 52.1. The average molecular weight is 506 g/mol. The highest BCUT2D eigenvalue weighted by Crippen LogP contribution is 2.40. The molecule has 1 heteroatoms. The van der Waals surface area contributed by atoms with E-state index in [1.807, 2.05) is 30.3 Å². The third-order valence-electron chi connectivity index (χ3n) is 8.26. The van der Waals surface area contributed by atoms with Crippen LogP contribution in [0.1, 0.15) is 5.56 Å². The first kappa shape index (κ1) is 22.5.